The number of furan rings is 1. The minimum Gasteiger partial charge on any atom is -0.469 e. The van der Waals surface area contributed by atoms with E-state index in [0.717, 1.165) is 5.76 Å². The topological polar surface area (TPSA) is 42.2 Å². The van der Waals surface area contributed by atoms with Gasteiger partial charge < -0.3 is 9.73 Å². The number of nitrogens with one attached hydrogen (secondary N) is 1. The first-order valence-corrected chi connectivity index (χ1v) is 4.01. The monoisotopic (exact) mass is 177 g/mol. The van der Waals surface area contributed by atoms with Crippen LogP contribution in [0, 0.1) is 19.3 Å². The second-order valence-electron chi connectivity index (χ2n) is 2.66. The molecule has 0 unspecified atom stereocenters. The van der Waals surface area contributed by atoms with Gasteiger partial charge in [-0.05, 0) is 13.0 Å². The number of hydrogen-bond donors (Lipinski definition) is 1. The molecule has 1 heterocycles. The number of rotatable bonds is 3. The minimum atomic E-state index is -0.146. The maximum Gasteiger partial charge on any atom is 0.254 e. The summed E-state index contributed by atoms with van der Waals surface area (Å²) in [6.07, 6.45) is 7.01. The molecule has 13 heavy (non-hydrogen) atoms. The van der Waals surface area contributed by atoms with Gasteiger partial charge in [-0.15, -0.1) is 12.3 Å². The highest BCUT2D eigenvalue weighted by molar-refractivity contribution is 5.93. The van der Waals surface area contributed by atoms with Gasteiger partial charge in [0.2, 0.25) is 0 Å². The summed E-state index contributed by atoms with van der Waals surface area (Å²) in [5.74, 6) is 3.02. The first kappa shape index (κ1) is 9.40. The van der Waals surface area contributed by atoms with Crippen molar-refractivity contribution in [2.75, 3.05) is 6.54 Å². The molecule has 1 amide bonds. The Morgan fingerprint density at radius 2 is 2.54 bits per heavy atom. The first-order chi connectivity index (χ1) is 6.24. The number of carbonyl (C=O) groups excluding carboxylic acids is 1. The van der Waals surface area contributed by atoms with Gasteiger partial charge in [0.15, 0.2) is 0 Å². The Bertz CT molecular complexity index is 333. The van der Waals surface area contributed by atoms with Crippen molar-refractivity contribution < 1.29 is 9.21 Å². The lowest BCUT2D eigenvalue weighted by Crippen LogP contribution is -2.23. The molecular formula is C10H11NO2. The molecule has 0 spiro atoms. The third-order valence-electron chi connectivity index (χ3n) is 1.55. The molecule has 1 aromatic rings. The second kappa shape index (κ2) is 4.36. The molecule has 3 heteroatoms. The summed E-state index contributed by atoms with van der Waals surface area (Å²) in [5.41, 5.74) is 0.537. The van der Waals surface area contributed by atoms with Gasteiger partial charge in [-0.25, -0.2) is 0 Å². The third-order valence-corrected chi connectivity index (χ3v) is 1.55. The molecule has 68 valence electrons. The van der Waals surface area contributed by atoms with Crippen molar-refractivity contribution in [1.82, 2.24) is 5.32 Å². The van der Waals surface area contributed by atoms with Crippen molar-refractivity contribution in [1.29, 1.82) is 0 Å². The molecule has 0 saturated heterocycles. The molecule has 1 rings (SSSR count). The zero-order valence-electron chi connectivity index (χ0n) is 7.46. The standard InChI is InChI=1S/C10H11NO2/c1-3-4-5-11-10(12)9-6-8(2)13-7-9/h1,6-7H,4-5H2,2H3,(H,11,12). The van der Waals surface area contributed by atoms with Gasteiger partial charge in [-0.1, -0.05) is 0 Å². The summed E-state index contributed by atoms with van der Waals surface area (Å²) in [4.78, 5) is 11.3. The molecule has 0 bridgehead atoms. The molecule has 0 aliphatic carbocycles. The highest BCUT2D eigenvalue weighted by atomic mass is 16.3. The first-order valence-electron chi connectivity index (χ1n) is 4.01. The maximum atomic E-state index is 11.3. The quantitative estimate of drug-likeness (QED) is 0.559. The lowest BCUT2D eigenvalue weighted by atomic mass is 10.3. The van der Waals surface area contributed by atoms with Crippen molar-refractivity contribution in [2.24, 2.45) is 0 Å². The van der Waals surface area contributed by atoms with Crippen molar-refractivity contribution in [3.05, 3.63) is 23.7 Å². The molecule has 3 nitrogen and oxygen atoms in total. The van der Waals surface area contributed by atoms with Gasteiger partial charge >= 0.3 is 0 Å². The largest absolute Gasteiger partial charge is 0.469 e. The SMILES string of the molecule is C#CCCNC(=O)c1coc(C)c1. The summed E-state index contributed by atoms with van der Waals surface area (Å²) >= 11 is 0. The number of aryl methyl sites for hydroxylation is 1. The van der Waals surface area contributed by atoms with Crippen molar-refractivity contribution in [3.63, 3.8) is 0 Å². The Kier molecular flexibility index (Phi) is 3.15. The predicted molar refractivity (Wildman–Crippen MR) is 49.2 cm³/mol. The van der Waals surface area contributed by atoms with E-state index < -0.39 is 0 Å². The minimum absolute atomic E-state index is 0.146. The van der Waals surface area contributed by atoms with E-state index in [0.29, 0.717) is 18.5 Å². The summed E-state index contributed by atoms with van der Waals surface area (Å²) in [6.45, 7) is 2.29. The number of hydrogen-bond acceptors (Lipinski definition) is 2. The van der Waals surface area contributed by atoms with Crippen LogP contribution in [0.2, 0.25) is 0 Å². The fourth-order valence-electron chi connectivity index (χ4n) is 0.913. The predicted octanol–water partition coefficient (Wildman–Crippen LogP) is 1.34. The van der Waals surface area contributed by atoms with Crippen LogP contribution >= 0.6 is 0 Å². The van der Waals surface area contributed by atoms with Gasteiger partial charge in [-0.3, -0.25) is 4.79 Å². The van der Waals surface area contributed by atoms with E-state index in [1.54, 1.807) is 13.0 Å². The van der Waals surface area contributed by atoms with Crippen LogP contribution < -0.4 is 5.32 Å². The van der Waals surface area contributed by atoms with Crippen LogP contribution in [-0.2, 0) is 0 Å². The number of amides is 1. The Morgan fingerprint density at radius 3 is 3.08 bits per heavy atom. The molecule has 1 N–H and O–H groups in total. The van der Waals surface area contributed by atoms with Gasteiger partial charge in [0.1, 0.15) is 12.0 Å². The summed E-state index contributed by atoms with van der Waals surface area (Å²) < 4.78 is 4.99. The average molecular weight is 177 g/mol. The summed E-state index contributed by atoms with van der Waals surface area (Å²) in [7, 11) is 0. The van der Waals surface area contributed by atoms with Crippen LogP contribution in [-0.4, -0.2) is 12.5 Å². The molecule has 0 aromatic carbocycles. The molecule has 0 fully saturated rings. The van der Waals surface area contributed by atoms with Crippen molar-refractivity contribution in [3.8, 4) is 12.3 Å². The van der Waals surface area contributed by atoms with E-state index >= 15 is 0 Å². The average Bonchev–Trinajstić information content (AvgIpc) is 2.52. The van der Waals surface area contributed by atoms with Crippen molar-refractivity contribution >= 4 is 5.91 Å². The molecule has 0 saturated carbocycles. The zero-order valence-corrected chi connectivity index (χ0v) is 7.46. The smallest absolute Gasteiger partial charge is 0.254 e. The fraction of sp³-hybridized carbons (Fsp3) is 0.300. The Balaban J connectivity index is 2.45. The van der Waals surface area contributed by atoms with Gasteiger partial charge in [-0.2, -0.15) is 0 Å². The van der Waals surface area contributed by atoms with Crippen LogP contribution in [0.15, 0.2) is 16.7 Å². The van der Waals surface area contributed by atoms with Crippen LogP contribution in [0.4, 0.5) is 0 Å². The van der Waals surface area contributed by atoms with Crippen LogP contribution in [0.5, 0.6) is 0 Å². The summed E-state index contributed by atoms with van der Waals surface area (Å²) in [6, 6.07) is 1.69. The van der Waals surface area contributed by atoms with Crippen LogP contribution in [0.1, 0.15) is 22.5 Å². The van der Waals surface area contributed by atoms with Gasteiger partial charge in [0, 0.05) is 13.0 Å². The van der Waals surface area contributed by atoms with E-state index in [9.17, 15) is 4.79 Å². The number of carbonyl (C=O) groups is 1. The highest BCUT2D eigenvalue weighted by Crippen LogP contribution is 2.05. The van der Waals surface area contributed by atoms with E-state index in [2.05, 4.69) is 11.2 Å². The highest BCUT2D eigenvalue weighted by Gasteiger charge is 2.06. The van der Waals surface area contributed by atoms with E-state index in [1.165, 1.54) is 6.26 Å². The Hall–Kier alpha value is -1.69. The third kappa shape index (κ3) is 2.68. The Labute approximate surface area is 77.1 Å². The maximum absolute atomic E-state index is 11.3. The van der Waals surface area contributed by atoms with E-state index in [4.69, 9.17) is 10.8 Å². The van der Waals surface area contributed by atoms with Crippen molar-refractivity contribution in [2.45, 2.75) is 13.3 Å². The van der Waals surface area contributed by atoms with Gasteiger partial charge in [0.25, 0.3) is 5.91 Å². The van der Waals surface area contributed by atoms with Crippen LogP contribution in [0.25, 0.3) is 0 Å². The number of terminal acetylenes is 1. The normalized spacial score (nSPS) is 9.23. The Morgan fingerprint density at radius 1 is 1.77 bits per heavy atom. The fourth-order valence-corrected chi connectivity index (χ4v) is 0.913. The zero-order chi connectivity index (χ0) is 9.68. The van der Waals surface area contributed by atoms with E-state index in [1.807, 2.05) is 0 Å². The molecule has 0 atom stereocenters. The van der Waals surface area contributed by atoms with Crippen LogP contribution in [0.3, 0.4) is 0 Å². The van der Waals surface area contributed by atoms with Gasteiger partial charge in [0.05, 0.1) is 5.56 Å². The molecule has 0 aliphatic heterocycles. The van der Waals surface area contributed by atoms with E-state index in [-0.39, 0.29) is 5.91 Å². The molecule has 0 radical (unpaired) electrons. The molecule has 1 aromatic heterocycles. The second-order valence-corrected chi connectivity index (χ2v) is 2.66. The molecular weight excluding hydrogens is 166 g/mol. The summed E-state index contributed by atoms with van der Waals surface area (Å²) in [5, 5.41) is 2.67. The molecule has 0 aliphatic rings. The lowest BCUT2D eigenvalue weighted by Gasteiger charge is -1.98. The lowest BCUT2D eigenvalue weighted by molar-refractivity contribution is 0.0954.